The van der Waals surface area contributed by atoms with Crippen molar-refractivity contribution in [2.75, 3.05) is 13.1 Å². The molecule has 2 rings (SSSR count). The van der Waals surface area contributed by atoms with Gasteiger partial charge in [0.1, 0.15) is 5.82 Å². The summed E-state index contributed by atoms with van der Waals surface area (Å²) in [5, 5.41) is 11.8. The summed E-state index contributed by atoms with van der Waals surface area (Å²) < 4.78 is 0. The Morgan fingerprint density at radius 3 is 2.85 bits per heavy atom. The Labute approximate surface area is 118 Å². The number of hydrogen-bond acceptors (Lipinski definition) is 4. The van der Waals surface area contributed by atoms with Gasteiger partial charge < -0.3 is 10.2 Å². The van der Waals surface area contributed by atoms with E-state index in [9.17, 15) is 4.79 Å². The highest BCUT2D eigenvalue weighted by Crippen LogP contribution is 2.15. The Bertz CT molecular complexity index is 517. The molecule has 1 aliphatic heterocycles. The highest BCUT2D eigenvalue weighted by atomic mass is 16.2. The minimum absolute atomic E-state index is 0.0491. The molecule has 0 bridgehead atoms. The zero-order valence-electron chi connectivity index (χ0n) is 11.9. The van der Waals surface area contributed by atoms with E-state index < -0.39 is 0 Å². The molecule has 0 aliphatic carbocycles. The molecule has 1 aliphatic rings. The van der Waals surface area contributed by atoms with Gasteiger partial charge in [-0.2, -0.15) is 5.26 Å². The molecule has 20 heavy (non-hydrogen) atoms. The zero-order valence-corrected chi connectivity index (χ0v) is 11.9. The predicted octanol–water partition coefficient (Wildman–Crippen LogP) is 1.54. The lowest BCUT2D eigenvalue weighted by atomic mass is 10.0. The summed E-state index contributed by atoms with van der Waals surface area (Å²) in [4.78, 5) is 22.3. The van der Waals surface area contributed by atoms with E-state index in [0.717, 1.165) is 24.2 Å². The van der Waals surface area contributed by atoms with Crippen molar-refractivity contribution in [1.29, 1.82) is 5.26 Å². The molecule has 1 aromatic rings. The Kier molecular flexibility index (Phi) is 4.51. The number of amides is 2. The van der Waals surface area contributed by atoms with Gasteiger partial charge >= 0.3 is 6.03 Å². The van der Waals surface area contributed by atoms with Crippen LogP contribution in [0.3, 0.4) is 0 Å². The summed E-state index contributed by atoms with van der Waals surface area (Å²) in [5.41, 5.74) is 1.79. The number of piperidine rings is 1. The maximum absolute atomic E-state index is 12.1. The van der Waals surface area contributed by atoms with Gasteiger partial charge in [0.25, 0.3) is 0 Å². The van der Waals surface area contributed by atoms with Gasteiger partial charge in [0.2, 0.25) is 0 Å². The number of hydrogen-bond donors (Lipinski definition) is 1. The van der Waals surface area contributed by atoms with Crippen molar-refractivity contribution in [3.63, 3.8) is 0 Å². The Hall–Kier alpha value is -2.16. The fourth-order valence-corrected chi connectivity index (χ4v) is 2.41. The van der Waals surface area contributed by atoms with Crippen LogP contribution in [0.25, 0.3) is 0 Å². The molecule has 6 nitrogen and oxygen atoms in total. The van der Waals surface area contributed by atoms with E-state index in [-0.39, 0.29) is 11.9 Å². The van der Waals surface area contributed by atoms with Crippen molar-refractivity contribution >= 4 is 6.03 Å². The van der Waals surface area contributed by atoms with Crippen molar-refractivity contribution in [1.82, 2.24) is 20.2 Å². The first-order valence-electron chi connectivity index (χ1n) is 6.82. The predicted molar refractivity (Wildman–Crippen MR) is 73.7 cm³/mol. The molecule has 0 aromatic carbocycles. The third-order valence-electron chi connectivity index (χ3n) is 3.32. The fourth-order valence-electron chi connectivity index (χ4n) is 2.41. The number of aryl methyl sites for hydroxylation is 2. The van der Waals surface area contributed by atoms with Crippen molar-refractivity contribution in [2.24, 2.45) is 5.92 Å². The van der Waals surface area contributed by atoms with E-state index >= 15 is 0 Å². The summed E-state index contributed by atoms with van der Waals surface area (Å²) in [6.45, 7) is 5.34. The van der Waals surface area contributed by atoms with Gasteiger partial charge in [0.15, 0.2) is 0 Å². The fraction of sp³-hybridized carbons (Fsp3) is 0.571. The molecule has 0 saturated carbocycles. The SMILES string of the molecule is Cc1cc(C)nc(CNC(=O)N2CCC[C@H](C#N)C2)n1. The van der Waals surface area contributed by atoms with Crippen LogP contribution in [0.2, 0.25) is 0 Å². The number of carbonyl (C=O) groups is 1. The lowest BCUT2D eigenvalue weighted by molar-refractivity contribution is 0.176. The van der Waals surface area contributed by atoms with Gasteiger partial charge in [-0.15, -0.1) is 0 Å². The standard InChI is InChI=1S/C14H19N5O/c1-10-6-11(2)18-13(17-10)8-16-14(20)19-5-3-4-12(7-15)9-19/h6,12H,3-5,8-9H2,1-2H3,(H,16,20)/t12-/m1/s1. The summed E-state index contributed by atoms with van der Waals surface area (Å²) in [6, 6.07) is 3.98. The van der Waals surface area contributed by atoms with Crippen LogP contribution in [-0.2, 0) is 6.54 Å². The lowest BCUT2D eigenvalue weighted by Crippen LogP contribution is -2.45. The largest absolute Gasteiger partial charge is 0.331 e. The topological polar surface area (TPSA) is 81.9 Å². The van der Waals surface area contributed by atoms with Gasteiger partial charge in [-0.3, -0.25) is 0 Å². The second kappa shape index (κ2) is 6.33. The van der Waals surface area contributed by atoms with Gasteiger partial charge in [-0.1, -0.05) is 0 Å². The molecule has 0 radical (unpaired) electrons. The highest BCUT2D eigenvalue weighted by molar-refractivity contribution is 5.74. The van der Waals surface area contributed by atoms with Gasteiger partial charge in [-0.25, -0.2) is 14.8 Å². The molecule has 2 amide bonds. The molecule has 106 valence electrons. The van der Waals surface area contributed by atoms with Crippen LogP contribution >= 0.6 is 0 Å². The molecule has 1 fully saturated rings. The minimum atomic E-state index is -0.146. The van der Waals surface area contributed by atoms with Crippen LogP contribution in [0.15, 0.2) is 6.07 Å². The van der Waals surface area contributed by atoms with Crippen LogP contribution in [-0.4, -0.2) is 34.0 Å². The van der Waals surface area contributed by atoms with E-state index in [0.29, 0.717) is 25.5 Å². The number of aromatic nitrogens is 2. The number of nitriles is 1. The molecule has 0 spiro atoms. The molecule has 0 unspecified atom stereocenters. The second-order valence-corrected chi connectivity index (χ2v) is 5.14. The molecular formula is C14H19N5O. The Morgan fingerprint density at radius 1 is 1.50 bits per heavy atom. The van der Waals surface area contributed by atoms with E-state index in [4.69, 9.17) is 5.26 Å². The first-order chi connectivity index (χ1) is 9.58. The van der Waals surface area contributed by atoms with Gasteiger partial charge in [0.05, 0.1) is 18.5 Å². The summed E-state index contributed by atoms with van der Waals surface area (Å²) in [5.74, 6) is 0.566. The number of likely N-dealkylation sites (tertiary alicyclic amines) is 1. The smallest absolute Gasteiger partial charge is 0.317 e. The highest BCUT2D eigenvalue weighted by Gasteiger charge is 2.23. The van der Waals surface area contributed by atoms with Crippen LogP contribution < -0.4 is 5.32 Å². The van der Waals surface area contributed by atoms with E-state index in [1.807, 2.05) is 19.9 Å². The molecule has 1 N–H and O–H groups in total. The molecule has 1 atom stereocenters. The van der Waals surface area contributed by atoms with E-state index in [2.05, 4.69) is 21.4 Å². The average molecular weight is 273 g/mol. The third-order valence-corrected chi connectivity index (χ3v) is 3.32. The zero-order chi connectivity index (χ0) is 14.5. The summed E-state index contributed by atoms with van der Waals surface area (Å²) in [7, 11) is 0. The maximum Gasteiger partial charge on any atom is 0.317 e. The number of nitrogens with zero attached hydrogens (tertiary/aromatic N) is 4. The summed E-state index contributed by atoms with van der Waals surface area (Å²) in [6.07, 6.45) is 1.76. The van der Waals surface area contributed by atoms with E-state index in [1.54, 1.807) is 4.90 Å². The maximum atomic E-state index is 12.1. The van der Waals surface area contributed by atoms with Crippen LogP contribution in [0.1, 0.15) is 30.1 Å². The van der Waals surface area contributed by atoms with Gasteiger partial charge in [-0.05, 0) is 32.8 Å². The molecule has 2 heterocycles. The number of nitrogens with one attached hydrogen (secondary N) is 1. The van der Waals surface area contributed by atoms with Crippen LogP contribution in [0.4, 0.5) is 4.79 Å². The molecular weight excluding hydrogens is 254 g/mol. The third kappa shape index (κ3) is 3.67. The molecule has 6 heteroatoms. The minimum Gasteiger partial charge on any atom is -0.331 e. The van der Waals surface area contributed by atoms with Crippen molar-refractivity contribution < 1.29 is 4.79 Å². The average Bonchev–Trinajstić information content (AvgIpc) is 2.44. The van der Waals surface area contributed by atoms with Gasteiger partial charge in [0, 0.05) is 24.5 Å². The molecule has 1 aromatic heterocycles. The van der Waals surface area contributed by atoms with Crippen molar-refractivity contribution in [3.05, 3.63) is 23.3 Å². The van der Waals surface area contributed by atoms with Crippen molar-refractivity contribution in [3.8, 4) is 6.07 Å². The van der Waals surface area contributed by atoms with E-state index in [1.165, 1.54) is 0 Å². The number of rotatable bonds is 2. The first-order valence-corrected chi connectivity index (χ1v) is 6.82. The van der Waals surface area contributed by atoms with Crippen molar-refractivity contribution in [2.45, 2.75) is 33.2 Å². The first kappa shape index (κ1) is 14.3. The lowest BCUT2D eigenvalue weighted by Gasteiger charge is -2.29. The second-order valence-electron chi connectivity index (χ2n) is 5.14. The quantitative estimate of drug-likeness (QED) is 0.886. The van der Waals surface area contributed by atoms with Crippen LogP contribution in [0.5, 0.6) is 0 Å². The number of carbonyl (C=O) groups excluding carboxylic acids is 1. The summed E-state index contributed by atoms with van der Waals surface area (Å²) >= 11 is 0. The monoisotopic (exact) mass is 273 g/mol. The number of urea groups is 1. The Morgan fingerprint density at radius 2 is 2.20 bits per heavy atom. The Balaban J connectivity index is 1.90. The normalized spacial score (nSPS) is 18.4. The molecule has 1 saturated heterocycles. The van der Waals surface area contributed by atoms with Crippen LogP contribution in [0, 0.1) is 31.1 Å².